The Hall–Kier alpha value is -1.04. The van der Waals surface area contributed by atoms with Crippen molar-refractivity contribution in [2.45, 2.75) is 27.2 Å². The molecule has 66 valence electrons. The Bertz CT molecular complexity index is 226. The zero-order valence-electron chi connectivity index (χ0n) is 8.35. The van der Waals surface area contributed by atoms with Crippen molar-refractivity contribution in [3.63, 3.8) is 0 Å². The summed E-state index contributed by atoms with van der Waals surface area (Å²) in [6.45, 7) is 13.9. The van der Waals surface area contributed by atoms with E-state index in [1.165, 1.54) is 11.1 Å². The van der Waals surface area contributed by atoms with Gasteiger partial charge in [-0.2, -0.15) is 0 Å². The first-order valence-corrected chi connectivity index (χ1v) is 4.32. The predicted molar refractivity (Wildman–Crippen MR) is 57.1 cm³/mol. The molecular formula is C12H18. The smallest absolute Gasteiger partial charge is 0.0207 e. The van der Waals surface area contributed by atoms with Crippen LogP contribution in [0.25, 0.3) is 0 Å². The van der Waals surface area contributed by atoms with Gasteiger partial charge >= 0.3 is 0 Å². The lowest BCUT2D eigenvalue weighted by Gasteiger charge is -2.06. The summed E-state index contributed by atoms with van der Waals surface area (Å²) < 4.78 is 0. The van der Waals surface area contributed by atoms with Gasteiger partial charge in [-0.15, -0.1) is 0 Å². The maximum atomic E-state index is 3.92. The summed E-state index contributed by atoms with van der Waals surface area (Å²) in [6, 6.07) is 0. The van der Waals surface area contributed by atoms with Crippen molar-refractivity contribution in [1.82, 2.24) is 0 Å². The van der Waals surface area contributed by atoms with E-state index in [0.717, 1.165) is 12.0 Å². The molecule has 0 aromatic rings. The molecule has 12 heavy (non-hydrogen) atoms. The Morgan fingerprint density at radius 1 is 1.42 bits per heavy atom. The highest BCUT2D eigenvalue weighted by molar-refractivity contribution is 5.49. The average molecular weight is 162 g/mol. The van der Waals surface area contributed by atoms with Crippen LogP contribution in [0.1, 0.15) is 27.2 Å². The van der Waals surface area contributed by atoms with Gasteiger partial charge in [0.2, 0.25) is 0 Å². The number of hydrogen-bond acceptors (Lipinski definition) is 0. The molecule has 0 bridgehead atoms. The molecule has 0 nitrogen and oxygen atoms in total. The van der Waals surface area contributed by atoms with Gasteiger partial charge in [0.25, 0.3) is 0 Å². The van der Waals surface area contributed by atoms with Gasteiger partial charge in [0.15, 0.2) is 0 Å². The summed E-state index contributed by atoms with van der Waals surface area (Å²) >= 11 is 0. The molecule has 0 unspecified atom stereocenters. The van der Waals surface area contributed by atoms with Crippen LogP contribution in [0.4, 0.5) is 0 Å². The highest BCUT2D eigenvalue weighted by Crippen LogP contribution is 2.18. The third-order valence-electron chi connectivity index (χ3n) is 1.70. The fourth-order valence-corrected chi connectivity index (χ4v) is 1.18. The van der Waals surface area contributed by atoms with Crippen LogP contribution >= 0.6 is 0 Å². The lowest BCUT2D eigenvalue weighted by Crippen LogP contribution is -1.87. The molecular weight excluding hydrogens is 144 g/mol. The molecule has 0 aromatic heterocycles. The quantitative estimate of drug-likeness (QED) is 0.547. The summed E-state index contributed by atoms with van der Waals surface area (Å²) in [5, 5.41) is 0. The molecule has 0 heteroatoms. The molecule has 0 rings (SSSR count). The van der Waals surface area contributed by atoms with E-state index >= 15 is 0 Å². The number of hydrogen-bond donors (Lipinski definition) is 0. The Morgan fingerprint density at radius 2 is 2.00 bits per heavy atom. The van der Waals surface area contributed by atoms with Crippen molar-refractivity contribution in [2.24, 2.45) is 0 Å². The molecule has 0 saturated carbocycles. The lowest BCUT2D eigenvalue weighted by molar-refractivity contribution is 1.20. The van der Waals surface area contributed by atoms with Crippen LogP contribution in [0.15, 0.2) is 48.1 Å². The summed E-state index contributed by atoms with van der Waals surface area (Å²) in [6.07, 6.45) is 7.15. The van der Waals surface area contributed by atoms with E-state index in [2.05, 4.69) is 32.2 Å². The molecule has 0 aliphatic heterocycles. The first-order valence-electron chi connectivity index (χ1n) is 4.32. The van der Waals surface area contributed by atoms with E-state index in [1.807, 2.05) is 19.9 Å². The zero-order valence-corrected chi connectivity index (χ0v) is 8.35. The van der Waals surface area contributed by atoms with Gasteiger partial charge in [0, 0.05) is 0 Å². The Balaban J connectivity index is 4.82. The predicted octanol–water partition coefficient (Wildman–Crippen LogP) is 4.03. The molecule has 0 spiro atoms. The van der Waals surface area contributed by atoms with Crippen molar-refractivity contribution in [2.75, 3.05) is 0 Å². The van der Waals surface area contributed by atoms with Crippen molar-refractivity contribution in [3.05, 3.63) is 48.1 Å². The van der Waals surface area contributed by atoms with Gasteiger partial charge in [-0.1, -0.05) is 43.9 Å². The molecule has 0 amide bonds. The maximum Gasteiger partial charge on any atom is -0.0207 e. The van der Waals surface area contributed by atoms with Crippen LogP contribution in [0.2, 0.25) is 0 Å². The molecule has 0 aromatic carbocycles. The van der Waals surface area contributed by atoms with Crippen molar-refractivity contribution in [3.8, 4) is 0 Å². The van der Waals surface area contributed by atoms with Gasteiger partial charge in [-0.05, 0) is 31.4 Å². The second kappa shape index (κ2) is 5.59. The van der Waals surface area contributed by atoms with Crippen LogP contribution < -0.4 is 0 Å². The van der Waals surface area contributed by atoms with Crippen molar-refractivity contribution in [1.29, 1.82) is 0 Å². The van der Waals surface area contributed by atoms with E-state index in [-0.39, 0.29) is 0 Å². The lowest BCUT2D eigenvalue weighted by atomic mass is 9.99. The molecule has 0 atom stereocenters. The van der Waals surface area contributed by atoms with Crippen LogP contribution in [0.3, 0.4) is 0 Å². The Kier molecular flexibility index (Phi) is 5.11. The third-order valence-corrected chi connectivity index (χ3v) is 1.70. The summed E-state index contributed by atoms with van der Waals surface area (Å²) in [5.74, 6) is 0. The van der Waals surface area contributed by atoms with Gasteiger partial charge in [0.1, 0.15) is 0 Å². The van der Waals surface area contributed by atoms with Crippen LogP contribution in [-0.2, 0) is 0 Å². The van der Waals surface area contributed by atoms with Crippen LogP contribution in [0.5, 0.6) is 0 Å². The summed E-state index contributed by atoms with van der Waals surface area (Å²) in [7, 11) is 0. The molecule has 0 radical (unpaired) electrons. The minimum absolute atomic E-state index is 1.03. The van der Waals surface area contributed by atoms with E-state index in [1.54, 1.807) is 0 Å². The topological polar surface area (TPSA) is 0 Å². The average Bonchev–Trinajstić information content (AvgIpc) is 2.03. The fraction of sp³-hybridized carbons (Fsp3) is 0.333. The molecule has 0 saturated heterocycles. The third kappa shape index (κ3) is 2.91. The standard InChI is InChI=1S/C12H18/c1-6-9-11(7-2)12(8-3)10(4)5/h7-9H,2,4,6H2,1,3,5H3/b11-9+,12-8+. The molecule has 0 fully saturated rings. The second-order valence-corrected chi connectivity index (χ2v) is 2.75. The van der Waals surface area contributed by atoms with E-state index in [0.29, 0.717) is 0 Å². The van der Waals surface area contributed by atoms with Gasteiger partial charge in [-0.25, -0.2) is 0 Å². The van der Waals surface area contributed by atoms with Crippen molar-refractivity contribution >= 4 is 0 Å². The highest BCUT2D eigenvalue weighted by atomic mass is 14.0. The van der Waals surface area contributed by atoms with Gasteiger partial charge in [0.05, 0.1) is 0 Å². The maximum absolute atomic E-state index is 3.92. The first-order chi connectivity index (χ1) is 5.67. The SMILES string of the molecule is C=CC(=C\CC)/C(=C/C)C(=C)C. The van der Waals surface area contributed by atoms with Gasteiger partial charge < -0.3 is 0 Å². The Morgan fingerprint density at radius 3 is 2.25 bits per heavy atom. The first kappa shape index (κ1) is 11.0. The zero-order chi connectivity index (χ0) is 9.56. The monoisotopic (exact) mass is 162 g/mol. The van der Waals surface area contributed by atoms with E-state index in [4.69, 9.17) is 0 Å². The number of allylic oxidation sites excluding steroid dienone is 6. The normalized spacial score (nSPS) is 12.9. The van der Waals surface area contributed by atoms with E-state index in [9.17, 15) is 0 Å². The van der Waals surface area contributed by atoms with E-state index < -0.39 is 0 Å². The molecule has 0 aliphatic rings. The minimum Gasteiger partial charge on any atom is -0.0985 e. The molecule has 0 aliphatic carbocycles. The summed E-state index contributed by atoms with van der Waals surface area (Å²) in [5.41, 5.74) is 3.48. The molecule has 0 heterocycles. The largest absolute Gasteiger partial charge is 0.0985 e. The minimum atomic E-state index is 1.03. The fourth-order valence-electron chi connectivity index (χ4n) is 1.18. The van der Waals surface area contributed by atoms with Crippen LogP contribution in [0, 0.1) is 0 Å². The Labute approximate surface area is 76.0 Å². The second-order valence-electron chi connectivity index (χ2n) is 2.75. The van der Waals surface area contributed by atoms with Crippen LogP contribution in [-0.4, -0.2) is 0 Å². The summed E-state index contributed by atoms with van der Waals surface area (Å²) in [4.78, 5) is 0. The highest BCUT2D eigenvalue weighted by Gasteiger charge is 1.99. The number of rotatable bonds is 4. The van der Waals surface area contributed by atoms with Gasteiger partial charge in [-0.3, -0.25) is 0 Å². The molecule has 0 N–H and O–H groups in total. The van der Waals surface area contributed by atoms with Crippen molar-refractivity contribution < 1.29 is 0 Å².